The number of aryl methyl sites for hydroxylation is 1. The Labute approximate surface area is 135 Å². The smallest absolute Gasteiger partial charge is 0.139 e. The van der Waals surface area contributed by atoms with Gasteiger partial charge in [0.15, 0.2) is 0 Å². The van der Waals surface area contributed by atoms with Crippen LogP contribution in [-0.2, 0) is 0 Å². The molecule has 1 fully saturated rings. The number of nitrogens with zero attached hydrogens (tertiary/aromatic N) is 3. The average molecular weight is 314 g/mol. The number of anilines is 1. The number of aliphatic imine (C=N–C) groups is 1. The van der Waals surface area contributed by atoms with Crippen molar-refractivity contribution in [1.82, 2.24) is 9.80 Å². The molecular weight excluding hydrogens is 292 g/mol. The average Bonchev–Trinajstić information content (AvgIpc) is 2.80. The molecule has 1 aliphatic carbocycles. The van der Waals surface area contributed by atoms with Gasteiger partial charge in [-0.05, 0) is 39.0 Å². The fraction of sp³-hybridized carbons (Fsp3) is 0.471. The number of thiophene rings is 1. The van der Waals surface area contributed by atoms with E-state index in [-0.39, 0.29) is 0 Å². The van der Waals surface area contributed by atoms with Gasteiger partial charge in [0.25, 0.3) is 0 Å². The second kappa shape index (κ2) is 5.56. The van der Waals surface area contributed by atoms with E-state index in [4.69, 9.17) is 4.99 Å². The van der Waals surface area contributed by atoms with E-state index in [1.54, 1.807) is 0 Å². The van der Waals surface area contributed by atoms with Crippen molar-refractivity contribution >= 4 is 22.2 Å². The predicted octanol–water partition coefficient (Wildman–Crippen LogP) is 3.04. The largest absolute Gasteiger partial charge is 0.353 e. The summed E-state index contributed by atoms with van der Waals surface area (Å²) in [7, 11) is 2.19. The first-order valence-corrected chi connectivity index (χ1v) is 8.82. The van der Waals surface area contributed by atoms with Crippen LogP contribution in [-0.4, -0.2) is 48.9 Å². The van der Waals surface area contributed by atoms with E-state index in [0.29, 0.717) is 0 Å². The first kappa shape index (κ1) is 14.0. The maximum Gasteiger partial charge on any atom is 0.139 e. The van der Waals surface area contributed by atoms with Crippen molar-refractivity contribution in [2.75, 3.05) is 38.5 Å². The van der Waals surface area contributed by atoms with Gasteiger partial charge in [-0.2, -0.15) is 0 Å². The Morgan fingerprint density at radius 2 is 2.05 bits per heavy atom. The standard InChI is InChI=1S/C17H22N4S/c1-12-11-13-16(21-9-7-20(2)8-10-21)18-14-5-3-4-6-15(14)19-17(13)22-12/h4,6,11,19H,3,5,7-10H2,1-2H3. The maximum atomic E-state index is 5.10. The van der Waals surface area contributed by atoms with Gasteiger partial charge in [-0.1, -0.05) is 6.08 Å². The number of hydrogen-bond acceptors (Lipinski definition) is 5. The molecule has 116 valence electrons. The third-order valence-electron chi connectivity index (χ3n) is 4.53. The van der Waals surface area contributed by atoms with Crippen LogP contribution in [0.4, 0.5) is 5.00 Å². The van der Waals surface area contributed by atoms with Crippen LogP contribution in [0.1, 0.15) is 23.3 Å². The summed E-state index contributed by atoms with van der Waals surface area (Å²) in [5.74, 6) is 1.17. The lowest BCUT2D eigenvalue weighted by atomic mass is 10.1. The van der Waals surface area contributed by atoms with Gasteiger partial charge in [0.05, 0.1) is 17.0 Å². The quantitative estimate of drug-likeness (QED) is 0.798. The van der Waals surface area contributed by atoms with Crippen molar-refractivity contribution in [1.29, 1.82) is 0 Å². The summed E-state index contributed by atoms with van der Waals surface area (Å²) in [6.45, 7) is 6.51. The minimum Gasteiger partial charge on any atom is -0.353 e. The number of amidine groups is 1. The zero-order chi connectivity index (χ0) is 15.1. The van der Waals surface area contributed by atoms with Crippen LogP contribution in [0.25, 0.3) is 0 Å². The molecule has 0 spiro atoms. The number of nitrogens with one attached hydrogen (secondary N) is 1. The second-order valence-corrected chi connectivity index (χ2v) is 7.51. The normalized spacial score (nSPS) is 21.9. The van der Waals surface area contributed by atoms with Crippen LogP contribution in [0.2, 0.25) is 0 Å². The summed E-state index contributed by atoms with van der Waals surface area (Å²) in [6, 6.07) is 2.28. The Kier molecular flexibility index (Phi) is 3.54. The molecule has 4 rings (SSSR count). The van der Waals surface area contributed by atoms with Gasteiger partial charge in [0, 0.05) is 31.1 Å². The van der Waals surface area contributed by atoms with Gasteiger partial charge < -0.3 is 15.1 Å². The minimum absolute atomic E-state index is 1.03. The van der Waals surface area contributed by atoms with Crippen LogP contribution in [0.5, 0.6) is 0 Å². The molecule has 1 aromatic heterocycles. The van der Waals surface area contributed by atoms with Crippen molar-refractivity contribution in [3.8, 4) is 0 Å². The molecule has 3 heterocycles. The molecule has 2 aliphatic heterocycles. The molecular formula is C17H22N4S. The Morgan fingerprint density at radius 3 is 2.86 bits per heavy atom. The number of hydrogen-bond donors (Lipinski definition) is 1. The van der Waals surface area contributed by atoms with Crippen LogP contribution in [0, 0.1) is 6.92 Å². The third-order valence-corrected chi connectivity index (χ3v) is 5.50. The third kappa shape index (κ3) is 2.48. The van der Waals surface area contributed by atoms with E-state index in [0.717, 1.165) is 39.0 Å². The van der Waals surface area contributed by atoms with E-state index in [2.05, 4.69) is 47.3 Å². The van der Waals surface area contributed by atoms with Crippen LogP contribution in [0.15, 0.2) is 34.6 Å². The summed E-state index contributed by atoms with van der Waals surface area (Å²) in [6.07, 6.45) is 6.55. The summed E-state index contributed by atoms with van der Waals surface area (Å²) >= 11 is 1.83. The van der Waals surface area contributed by atoms with E-state index in [1.165, 1.54) is 32.7 Å². The molecule has 0 aromatic carbocycles. The monoisotopic (exact) mass is 314 g/mol. The maximum absolute atomic E-state index is 5.10. The van der Waals surface area contributed by atoms with Crippen LogP contribution in [0.3, 0.4) is 0 Å². The molecule has 0 atom stereocenters. The zero-order valence-electron chi connectivity index (χ0n) is 13.2. The van der Waals surface area contributed by atoms with Gasteiger partial charge >= 0.3 is 0 Å². The molecule has 0 radical (unpaired) electrons. The molecule has 1 saturated heterocycles. The molecule has 1 N–H and O–H groups in total. The Morgan fingerprint density at radius 1 is 1.23 bits per heavy atom. The lowest BCUT2D eigenvalue weighted by Crippen LogP contribution is -2.47. The van der Waals surface area contributed by atoms with Crippen molar-refractivity contribution < 1.29 is 0 Å². The van der Waals surface area contributed by atoms with E-state index in [1.807, 2.05) is 11.3 Å². The van der Waals surface area contributed by atoms with Crippen molar-refractivity contribution in [2.24, 2.45) is 4.99 Å². The highest BCUT2D eigenvalue weighted by molar-refractivity contribution is 7.16. The summed E-state index contributed by atoms with van der Waals surface area (Å²) in [5, 5.41) is 4.86. The fourth-order valence-corrected chi connectivity index (χ4v) is 4.14. The van der Waals surface area contributed by atoms with Gasteiger partial charge in [0.1, 0.15) is 10.8 Å². The van der Waals surface area contributed by atoms with Crippen molar-refractivity contribution in [3.63, 3.8) is 0 Å². The first-order valence-electron chi connectivity index (χ1n) is 8.00. The molecule has 5 heteroatoms. The number of rotatable bonds is 0. The number of piperazine rings is 1. The predicted molar refractivity (Wildman–Crippen MR) is 93.7 cm³/mol. The lowest BCUT2D eigenvalue weighted by Gasteiger charge is -2.34. The second-order valence-electron chi connectivity index (χ2n) is 6.25. The Hall–Kier alpha value is -1.59. The van der Waals surface area contributed by atoms with Gasteiger partial charge in [-0.25, -0.2) is 4.99 Å². The lowest BCUT2D eigenvalue weighted by molar-refractivity contribution is 0.215. The van der Waals surface area contributed by atoms with E-state index in [9.17, 15) is 0 Å². The van der Waals surface area contributed by atoms with Crippen LogP contribution < -0.4 is 5.32 Å². The Bertz CT molecular complexity index is 675. The van der Waals surface area contributed by atoms with E-state index >= 15 is 0 Å². The van der Waals surface area contributed by atoms with Gasteiger partial charge in [0.2, 0.25) is 0 Å². The Balaban J connectivity index is 1.77. The summed E-state index contributed by atoms with van der Waals surface area (Å²) in [5.41, 5.74) is 3.66. The zero-order valence-corrected chi connectivity index (χ0v) is 14.0. The van der Waals surface area contributed by atoms with Crippen molar-refractivity contribution in [2.45, 2.75) is 19.8 Å². The molecule has 1 aromatic rings. The highest BCUT2D eigenvalue weighted by Gasteiger charge is 2.26. The molecule has 3 aliphatic rings. The topological polar surface area (TPSA) is 30.9 Å². The van der Waals surface area contributed by atoms with Crippen molar-refractivity contribution in [3.05, 3.63) is 40.1 Å². The van der Waals surface area contributed by atoms with Gasteiger partial charge in [-0.3, -0.25) is 0 Å². The molecule has 4 nitrogen and oxygen atoms in total. The van der Waals surface area contributed by atoms with Crippen LogP contribution >= 0.6 is 11.3 Å². The number of allylic oxidation sites excluding steroid dienone is 3. The minimum atomic E-state index is 1.03. The SMILES string of the molecule is Cc1cc2c(s1)NC1=C(CCC=C1)N=C2N1CCN(C)CC1. The van der Waals surface area contributed by atoms with Gasteiger partial charge in [-0.15, -0.1) is 11.3 Å². The van der Waals surface area contributed by atoms with E-state index < -0.39 is 0 Å². The first-order chi connectivity index (χ1) is 10.7. The molecule has 0 amide bonds. The highest BCUT2D eigenvalue weighted by atomic mass is 32.1. The highest BCUT2D eigenvalue weighted by Crippen LogP contribution is 2.35. The number of fused-ring (bicyclic) bond motifs is 1. The molecule has 0 unspecified atom stereocenters. The fourth-order valence-electron chi connectivity index (χ4n) is 3.22. The molecule has 0 bridgehead atoms. The summed E-state index contributed by atoms with van der Waals surface area (Å²) in [4.78, 5) is 11.3. The number of likely N-dealkylation sites (N-methyl/N-ethyl adjacent to an activating group) is 1. The molecule has 22 heavy (non-hydrogen) atoms. The molecule has 0 saturated carbocycles. The summed E-state index contributed by atoms with van der Waals surface area (Å²) < 4.78 is 0.